The Labute approximate surface area is 112 Å². The average Bonchev–Trinajstić information content (AvgIpc) is 2.81. The minimum atomic E-state index is -0.0991. The maximum atomic E-state index is 5.66. The molecule has 2 aliphatic heterocycles. The summed E-state index contributed by atoms with van der Waals surface area (Å²) >= 11 is 1.73. The fourth-order valence-electron chi connectivity index (χ4n) is 1.87. The van der Waals surface area contributed by atoms with E-state index in [4.69, 9.17) is 5.73 Å². The maximum Gasteiger partial charge on any atom is 0.222 e. The van der Waals surface area contributed by atoms with Gasteiger partial charge >= 0.3 is 0 Å². The number of nitrogens with two attached hydrogens (primary N) is 1. The summed E-state index contributed by atoms with van der Waals surface area (Å²) in [5.41, 5.74) is 5.66. The van der Waals surface area contributed by atoms with Crippen LogP contribution in [0.15, 0.2) is 20.0 Å². The molecule has 1 unspecified atom stereocenters. The number of amidine groups is 1. The van der Waals surface area contributed by atoms with E-state index < -0.39 is 0 Å². The van der Waals surface area contributed by atoms with Gasteiger partial charge < -0.3 is 5.73 Å². The Kier molecular flexibility index (Phi) is 4.92. The summed E-state index contributed by atoms with van der Waals surface area (Å²) in [6, 6.07) is -0.0991. The third-order valence-corrected chi connectivity index (χ3v) is 3.94. The quantitative estimate of drug-likeness (QED) is 0.748. The summed E-state index contributed by atoms with van der Waals surface area (Å²) in [5.74, 6) is 2.04. The first-order valence-electron chi connectivity index (χ1n) is 6.46. The molecule has 0 fully saturated rings. The molecule has 18 heavy (non-hydrogen) atoms. The zero-order valence-corrected chi connectivity index (χ0v) is 11.5. The lowest BCUT2D eigenvalue weighted by Gasteiger charge is -2.15. The first-order valence-corrected chi connectivity index (χ1v) is 7.44. The maximum absolute atomic E-state index is 5.66. The first kappa shape index (κ1) is 13.3. The molecule has 0 aliphatic carbocycles. The van der Waals surface area contributed by atoms with E-state index in [0.29, 0.717) is 11.8 Å². The second-order valence-corrected chi connectivity index (χ2v) is 5.45. The van der Waals surface area contributed by atoms with Crippen LogP contribution in [-0.4, -0.2) is 35.0 Å². The van der Waals surface area contributed by atoms with Crippen molar-refractivity contribution in [2.45, 2.75) is 45.1 Å². The second-order valence-electron chi connectivity index (χ2n) is 4.34. The van der Waals surface area contributed by atoms with Crippen molar-refractivity contribution in [3.63, 3.8) is 0 Å². The molecule has 0 spiro atoms. The van der Waals surface area contributed by atoms with E-state index >= 15 is 0 Å². The van der Waals surface area contributed by atoms with Crippen molar-refractivity contribution in [2.75, 3.05) is 5.75 Å². The summed E-state index contributed by atoms with van der Waals surface area (Å²) in [6.07, 6.45) is 7.97. The lowest BCUT2D eigenvalue weighted by Crippen LogP contribution is -2.31. The molecule has 0 aromatic carbocycles. The Balaban J connectivity index is 1.77. The molecular weight excluding hydrogens is 246 g/mol. The minimum Gasteiger partial charge on any atom is -0.368 e. The van der Waals surface area contributed by atoms with Gasteiger partial charge in [-0.2, -0.15) is 4.99 Å². The topological polar surface area (TPSA) is 75.5 Å². The van der Waals surface area contributed by atoms with Crippen LogP contribution < -0.4 is 5.73 Å². The van der Waals surface area contributed by atoms with E-state index in [-0.39, 0.29) is 6.04 Å². The number of thioether (sulfide) groups is 1. The fourth-order valence-corrected chi connectivity index (χ4v) is 2.91. The van der Waals surface area contributed by atoms with Crippen LogP contribution in [0.25, 0.3) is 0 Å². The van der Waals surface area contributed by atoms with Crippen LogP contribution in [0.3, 0.4) is 0 Å². The van der Waals surface area contributed by atoms with Crippen molar-refractivity contribution in [1.29, 1.82) is 0 Å². The monoisotopic (exact) mass is 265 g/mol. The first-order chi connectivity index (χ1) is 8.81. The van der Waals surface area contributed by atoms with Crippen molar-refractivity contribution in [1.82, 2.24) is 0 Å². The van der Waals surface area contributed by atoms with Gasteiger partial charge in [-0.15, -0.1) is 11.8 Å². The van der Waals surface area contributed by atoms with Gasteiger partial charge in [0.2, 0.25) is 5.96 Å². The van der Waals surface area contributed by atoms with Crippen LogP contribution in [0.4, 0.5) is 0 Å². The number of fused-ring (bicyclic) bond motifs is 1. The van der Waals surface area contributed by atoms with E-state index in [1.807, 2.05) is 0 Å². The standard InChI is InChI=1S/C12H19N5S/c1-2-3-4-5-6-7-18-11-9-10(15-8-14-9)16-12(13)17-11/h8-9H,2-7H2,1H3,(H2,13,14,15,16). The molecule has 2 rings (SSSR count). The molecule has 0 saturated heterocycles. The Morgan fingerprint density at radius 3 is 2.89 bits per heavy atom. The van der Waals surface area contributed by atoms with Gasteiger partial charge in [-0.1, -0.05) is 32.6 Å². The normalized spacial score (nSPS) is 21.4. The summed E-state index contributed by atoms with van der Waals surface area (Å²) in [7, 11) is 0. The van der Waals surface area contributed by atoms with Gasteiger partial charge in [-0.25, -0.2) is 9.98 Å². The van der Waals surface area contributed by atoms with Gasteiger partial charge in [0.1, 0.15) is 11.4 Å². The molecule has 2 heterocycles. The van der Waals surface area contributed by atoms with Crippen molar-refractivity contribution >= 4 is 34.9 Å². The zero-order valence-electron chi connectivity index (χ0n) is 10.7. The number of hydrogen-bond acceptors (Lipinski definition) is 6. The predicted octanol–water partition coefficient (Wildman–Crippen LogP) is 2.23. The molecule has 98 valence electrons. The summed E-state index contributed by atoms with van der Waals surface area (Å²) in [5, 5.41) is 0.936. The molecular formula is C12H19N5S. The van der Waals surface area contributed by atoms with Crippen molar-refractivity contribution in [3.05, 3.63) is 0 Å². The molecule has 5 nitrogen and oxygen atoms in total. The van der Waals surface area contributed by atoms with Gasteiger partial charge in [0.05, 0.1) is 0 Å². The van der Waals surface area contributed by atoms with Crippen LogP contribution >= 0.6 is 11.8 Å². The lowest BCUT2D eigenvalue weighted by atomic mass is 10.2. The van der Waals surface area contributed by atoms with E-state index in [1.54, 1.807) is 18.1 Å². The third-order valence-electron chi connectivity index (χ3n) is 2.84. The highest BCUT2D eigenvalue weighted by Crippen LogP contribution is 2.20. The van der Waals surface area contributed by atoms with Crippen LogP contribution in [0.5, 0.6) is 0 Å². The largest absolute Gasteiger partial charge is 0.368 e. The second kappa shape index (κ2) is 6.68. The van der Waals surface area contributed by atoms with E-state index in [1.165, 1.54) is 32.1 Å². The highest BCUT2D eigenvalue weighted by atomic mass is 32.2. The molecule has 0 amide bonds. The van der Waals surface area contributed by atoms with E-state index in [9.17, 15) is 0 Å². The molecule has 0 saturated carbocycles. The molecule has 2 N–H and O–H groups in total. The predicted molar refractivity (Wildman–Crippen MR) is 80.0 cm³/mol. The molecule has 0 bridgehead atoms. The SMILES string of the molecule is CCCCCCCSC1=NC(N)=NC2=NC=NC21. The lowest BCUT2D eigenvalue weighted by molar-refractivity contribution is 0.659. The Morgan fingerprint density at radius 2 is 2.06 bits per heavy atom. The number of rotatable bonds is 6. The van der Waals surface area contributed by atoms with Crippen LogP contribution in [-0.2, 0) is 0 Å². The number of hydrogen-bond donors (Lipinski definition) is 1. The van der Waals surface area contributed by atoms with Gasteiger partial charge in [-0.05, 0) is 12.2 Å². The number of aliphatic imine (C=N–C) groups is 4. The highest BCUT2D eigenvalue weighted by Gasteiger charge is 2.28. The summed E-state index contributed by atoms with van der Waals surface area (Å²) in [4.78, 5) is 16.7. The number of nitrogens with zero attached hydrogens (tertiary/aromatic N) is 4. The van der Waals surface area contributed by atoms with Gasteiger partial charge in [-0.3, -0.25) is 4.99 Å². The summed E-state index contributed by atoms with van der Waals surface area (Å²) in [6.45, 7) is 2.23. The Morgan fingerprint density at radius 1 is 1.22 bits per heavy atom. The molecule has 0 aromatic heterocycles. The van der Waals surface area contributed by atoms with Gasteiger partial charge in [0.25, 0.3) is 0 Å². The molecule has 1 atom stereocenters. The fraction of sp³-hybridized carbons (Fsp3) is 0.667. The van der Waals surface area contributed by atoms with Gasteiger partial charge in [0.15, 0.2) is 11.9 Å². The third kappa shape index (κ3) is 3.41. The molecule has 2 aliphatic rings. The smallest absolute Gasteiger partial charge is 0.222 e. The summed E-state index contributed by atoms with van der Waals surface area (Å²) < 4.78 is 0. The van der Waals surface area contributed by atoms with Crippen LogP contribution in [0, 0.1) is 0 Å². The molecule has 0 aromatic rings. The van der Waals surface area contributed by atoms with E-state index in [2.05, 4.69) is 26.9 Å². The van der Waals surface area contributed by atoms with Gasteiger partial charge in [0, 0.05) is 0 Å². The van der Waals surface area contributed by atoms with Crippen molar-refractivity contribution in [3.8, 4) is 0 Å². The minimum absolute atomic E-state index is 0.0991. The van der Waals surface area contributed by atoms with Crippen LogP contribution in [0.2, 0.25) is 0 Å². The average molecular weight is 265 g/mol. The number of unbranched alkanes of at least 4 members (excludes halogenated alkanes) is 4. The highest BCUT2D eigenvalue weighted by molar-refractivity contribution is 8.14. The Bertz CT molecular complexity index is 411. The molecule has 0 radical (unpaired) electrons. The Hall–Kier alpha value is -1.17. The van der Waals surface area contributed by atoms with E-state index in [0.717, 1.165) is 10.8 Å². The number of guanidine groups is 1. The van der Waals surface area contributed by atoms with Crippen molar-refractivity contribution in [2.24, 2.45) is 25.7 Å². The van der Waals surface area contributed by atoms with Crippen LogP contribution in [0.1, 0.15) is 39.0 Å². The zero-order chi connectivity index (χ0) is 12.8. The molecule has 6 heteroatoms. The van der Waals surface area contributed by atoms with Crippen molar-refractivity contribution < 1.29 is 0 Å².